The quantitative estimate of drug-likeness (QED) is 0.760. The number of benzene rings is 2. The van der Waals surface area contributed by atoms with Crippen LogP contribution in [0, 0.1) is 0 Å². The van der Waals surface area contributed by atoms with Crippen LogP contribution in [-0.2, 0) is 13.1 Å². The molecular weight excluding hydrogens is 358 g/mol. The van der Waals surface area contributed by atoms with Gasteiger partial charge in [0.1, 0.15) is 5.75 Å². The van der Waals surface area contributed by atoms with Gasteiger partial charge in [-0.15, -0.1) is 0 Å². The standard InChI is InChI=1S/C19H22F2N2O4/c1-23(12-14-5-4-6-15(9-14)25-2)19(24)22-11-13-7-8-16(27-18(20)21)17(10-13)26-3/h4-10,18H,11-12H2,1-3H3,(H,22,24). The van der Waals surface area contributed by atoms with Gasteiger partial charge in [-0.05, 0) is 35.4 Å². The van der Waals surface area contributed by atoms with Gasteiger partial charge in [0.25, 0.3) is 0 Å². The number of methoxy groups -OCH3 is 2. The number of nitrogens with zero attached hydrogens (tertiary/aromatic N) is 1. The molecule has 0 aliphatic carbocycles. The summed E-state index contributed by atoms with van der Waals surface area (Å²) in [6, 6.07) is 11.7. The van der Waals surface area contributed by atoms with Gasteiger partial charge < -0.3 is 24.4 Å². The molecule has 8 heteroatoms. The largest absolute Gasteiger partial charge is 0.497 e. The molecule has 0 saturated carbocycles. The summed E-state index contributed by atoms with van der Waals surface area (Å²) in [7, 11) is 4.62. The lowest BCUT2D eigenvalue weighted by molar-refractivity contribution is -0.0512. The molecule has 2 rings (SSSR count). The first-order chi connectivity index (χ1) is 12.9. The molecule has 27 heavy (non-hydrogen) atoms. The third kappa shape index (κ3) is 6.02. The molecule has 0 radical (unpaired) electrons. The van der Waals surface area contributed by atoms with Crippen LogP contribution in [0.2, 0.25) is 0 Å². The summed E-state index contributed by atoms with van der Waals surface area (Å²) in [5, 5.41) is 2.77. The molecule has 0 atom stereocenters. The SMILES string of the molecule is COc1cccc(CN(C)C(=O)NCc2ccc(OC(F)F)c(OC)c2)c1. The molecule has 2 amide bonds. The van der Waals surface area contributed by atoms with E-state index in [4.69, 9.17) is 9.47 Å². The van der Waals surface area contributed by atoms with E-state index in [1.165, 1.54) is 18.1 Å². The molecule has 0 bridgehead atoms. The van der Waals surface area contributed by atoms with Crippen LogP contribution in [0.15, 0.2) is 42.5 Å². The van der Waals surface area contributed by atoms with E-state index in [-0.39, 0.29) is 24.1 Å². The normalized spacial score (nSPS) is 10.4. The fourth-order valence-electron chi connectivity index (χ4n) is 2.44. The maximum absolute atomic E-state index is 12.4. The van der Waals surface area contributed by atoms with Crippen LogP contribution in [-0.4, -0.2) is 38.8 Å². The predicted molar refractivity (Wildman–Crippen MR) is 96.3 cm³/mol. The van der Waals surface area contributed by atoms with Crippen LogP contribution in [0.1, 0.15) is 11.1 Å². The Morgan fingerprint density at radius 3 is 2.52 bits per heavy atom. The van der Waals surface area contributed by atoms with Crippen molar-refractivity contribution < 1.29 is 27.8 Å². The minimum Gasteiger partial charge on any atom is -0.497 e. The summed E-state index contributed by atoms with van der Waals surface area (Å²) in [5.41, 5.74) is 1.62. The smallest absolute Gasteiger partial charge is 0.387 e. The van der Waals surface area contributed by atoms with Gasteiger partial charge in [-0.2, -0.15) is 8.78 Å². The maximum Gasteiger partial charge on any atom is 0.387 e. The Hall–Kier alpha value is -3.03. The highest BCUT2D eigenvalue weighted by molar-refractivity contribution is 5.73. The fraction of sp³-hybridized carbons (Fsp3) is 0.316. The predicted octanol–water partition coefficient (Wildman–Crippen LogP) is 3.65. The lowest BCUT2D eigenvalue weighted by Gasteiger charge is -2.19. The first kappa shape index (κ1) is 20.3. The number of carbonyl (C=O) groups is 1. The second-order valence-electron chi connectivity index (χ2n) is 5.73. The molecule has 0 spiro atoms. The van der Waals surface area contributed by atoms with Crippen molar-refractivity contribution in [3.8, 4) is 17.2 Å². The minimum absolute atomic E-state index is 0.0577. The van der Waals surface area contributed by atoms with Crippen molar-refractivity contribution in [3.63, 3.8) is 0 Å². The van der Waals surface area contributed by atoms with Crippen molar-refractivity contribution in [3.05, 3.63) is 53.6 Å². The summed E-state index contributed by atoms with van der Waals surface area (Å²) in [6.07, 6.45) is 0. The number of amides is 2. The first-order valence-electron chi connectivity index (χ1n) is 8.16. The summed E-state index contributed by atoms with van der Waals surface area (Å²) < 4.78 is 39.3. The molecule has 0 aliphatic rings. The highest BCUT2D eigenvalue weighted by Crippen LogP contribution is 2.29. The van der Waals surface area contributed by atoms with Gasteiger partial charge in [0.2, 0.25) is 0 Å². The molecule has 1 N–H and O–H groups in total. The third-order valence-corrected chi connectivity index (χ3v) is 3.79. The van der Waals surface area contributed by atoms with E-state index >= 15 is 0 Å². The lowest BCUT2D eigenvalue weighted by atomic mass is 10.2. The topological polar surface area (TPSA) is 60.0 Å². The second kappa shape index (κ2) is 9.61. The molecule has 6 nitrogen and oxygen atoms in total. The Morgan fingerprint density at radius 2 is 1.85 bits per heavy atom. The van der Waals surface area contributed by atoms with Gasteiger partial charge in [-0.1, -0.05) is 18.2 Å². The molecule has 2 aromatic rings. The summed E-state index contributed by atoms with van der Waals surface area (Å²) in [4.78, 5) is 13.8. The van der Waals surface area contributed by atoms with E-state index in [1.807, 2.05) is 24.3 Å². The van der Waals surface area contributed by atoms with Crippen LogP contribution in [0.4, 0.5) is 13.6 Å². The van der Waals surface area contributed by atoms with Crippen molar-refractivity contribution in [2.24, 2.45) is 0 Å². The highest BCUT2D eigenvalue weighted by atomic mass is 19.3. The number of nitrogens with one attached hydrogen (secondary N) is 1. The van der Waals surface area contributed by atoms with E-state index in [0.717, 1.165) is 11.3 Å². The monoisotopic (exact) mass is 380 g/mol. The van der Waals surface area contributed by atoms with Crippen molar-refractivity contribution >= 4 is 6.03 Å². The molecule has 146 valence electrons. The number of urea groups is 1. The van der Waals surface area contributed by atoms with E-state index in [9.17, 15) is 13.6 Å². The Balaban J connectivity index is 1.93. The van der Waals surface area contributed by atoms with Gasteiger partial charge in [0, 0.05) is 20.1 Å². The number of rotatable bonds is 8. The molecule has 0 unspecified atom stereocenters. The molecule has 0 aliphatic heterocycles. The van der Waals surface area contributed by atoms with Crippen molar-refractivity contribution in [2.75, 3.05) is 21.3 Å². The second-order valence-corrected chi connectivity index (χ2v) is 5.73. The zero-order valence-corrected chi connectivity index (χ0v) is 15.4. The zero-order chi connectivity index (χ0) is 19.8. The van der Waals surface area contributed by atoms with Gasteiger partial charge in [0.15, 0.2) is 11.5 Å². The van der Waals surface area contributed by atoms with Crippen molar-refractivity contribution in [1.29, 1.82) is 0 Å². The van der Waals surface area contributed by atoms with Crippen LogP contribution < -0.4 is 19.5 Å². The van der Waals surface area contributed by atoms with E-state index < -0.39 is 6.61 Å². The van der Waals surface area contributed by atoms with Crippen LogP contribution in [0.25, 0.3) is 0 Å². The summed E-state index contributed by atoms with van der Waals surface area (Å²) >= 11 is 0. The van der Waals surface area contributed by atoms with E-state index in [1.54, 1.807) is 26.3 Å². The lowest BCUT2D eigenvalue weighted by Crippen LogP contribution is -2.36. The summed E-state index contributed by atoms with van der Waals surface area (Å²) in [5.74, 6) is 0.837. The van der Waals surface area contributed by atoms with Gasteiger partial charge >= 0.3 is 12.6 Å². The summed E-state index contributed by atoms with van der Waals surface area (Å²) in [6.45, 7) is -2.31. The van der Waals surface area contributed by atoms with Crippen LogP contribution in [0.3, 0.4) is 0 Å². The Bertz CT molecular complexity index is 771. The van der Waals surface area contributed by atoms with E-state index in [0.29, 0.717) is 12.1 Å². The number of halogens is 2. The average Bonchev–Trinajstić information content (AvgIpc) is 2.66. The van der Waals surface area contributed by atoms with Gasteiger partial charge in [0.05, 0.1) is 14.2 Å². The Labute approximate surface area is 156 Å². The average molecular weight is 380 g/mol. The fourth-order valence-corrected chi connectivity index (χ4v) is 2.44. The zero-order valence-electron chi connectivity index (χ0n) is 15.4. The molecule has 0 fully saturated rings. The van der Waals surface area contributed by atoms with Gasteiger partial charge in [-0.3, -0.25) is 0 Å². The molecular formula is C19H22F2N2O4. The Kier molecular flexibility index (Phi) is 7.22. The van der Waals surface area contributed by atoms with Crippen LogP contribution >= 0.6 is 0 Å². The molecule has 2 aromatic carbocycles. The van der Waals surface area contributed by atoms with Gasteiger partial charge in [-0.25, -0.2) is 4.79 Å². The van der Waals surface area contributed by atoms with Crippen LogP contribution in [0.5, 0.6) is 17.2 Å². The molecule has 0 heterocycles. The molecule has 0 aromatic heterocycles. The first-order valence-corrected chi connectivity index (χ1v) is 8.16. The highest BCUT2D eigenvalue weighted by Gasteiger charge is 2.13. The number of carbonyl (C=O) groups excluding carboxylic acids is 1. The van der Waals surface area contributed by atoms with Crippen molar-refractivity contribution in [1.82, 2.24) is 10.2 Å². The maximum atomic E-state index is 12.4. The minimum atomic E-state index is -2.94. The number of hydrogen-bond donors (Lipinski definition) is 1. The number of ether oxygens (including phenoxy) is 3. The van der Waals surface area contributed by atoms with Crippen molar-refractivity contribution in [2.45, 2.75) is 19.7 Å². The number of alkyl halides is 2. The third-order valence-electron chi connectivity index (χ3n) is 3.79. The number of hydrogen-bond acceptors (Lipinski definition) is 4. The Morgan fingerprint density at radius 1 is 1.07 bits per heavy atom. The molecule has 0 saturated heterocycles. The van der Waals surface area contributed by atoms with E-state index in [2.05, 4.69) is 10.1 Å².